The summed E-state index contributed by atoms with van der Waals surface area (Å²) in [6, 6.07) is 0. The van der Waals surface area contributed by atoms with Crippen molar-refractivity contribution < 1.29 is 28.6 Å². The second kappa shape index (κ2) is 57.1. The maximum atomic E-state index is 12.9. The minimum Gasteiger partial charge on any atom is -0.462 e. The summed E-state index contributed by atoms with van der Waals surface area (Å²) in [6.45, 7) is 13.9. The molecular weight excluding hydrogens is 889 g/mol. The molecule has 0 saturated carbocycles. The first kappa shape index (κ1) is 70.4. The van der Waals surface area contributed by atoms with E-state index in [1.54, 1.807) is 0 Å². The molecule has 0 aliphatic carbocycles. The number of unbranched alkanes of at least 4 members (excludes halogenated alkanes) is 41. The maximum absolute atomic E-state index is 12.9. The third kappa shape index (κ3) is 57.7. The first-order valence-electron chi connectivity index (χ1n) is 32.6. The SMILES string of the molecule is CCC(C)CCCCCCCCCCCCCCCCC(=O)OC[C@@H](COC(=O)CCCCCCCCCCCCCCCCCC(C)C)OC(=O)CCCCCCCCCCCCCCCCCC(C)C. The summed E-state index contributed by atoms with van der Waals surface area (Å²) in [4.78, 5) is 38.4. The van der Waals surface area contributed by atoms with Gasteiger partial charge in [0, 0.05) is 19.3 Å². The molecule has 72 heavy (non-hydrogen) atoms. The molecule has 0 rings (SSSR count). The van der Waals surface area contributed by atoms with Gasteiger partial charge in [0.25, 0.3) is 0 Å². The fourth-order valence-corrected chi connectivity index (χ4v) is 10.2. The molecule has 0 bridgehead atoms. The molecule has 0 spiro atoms. The average Bonchev–Trinajstić information content (AvgIpc) is 3.36. The summed E-state index contributed by atoms with van der Waals surface area (Å²) in [7, 11) is 0. The topological polar surface area (TPSA) is 78.9 Å². The Hall–Kier alpha value is -1.59. The Bertz CT molecular complexity index is 1120. The van der Waals surface area contributed by atoms with Crippen molar-refractivity contribution in [1.29, 1.82) is 0 Å². The molecule has 0 fully saturated rings. The van der Waals surface area contributed by atoms with E-state index in [1.165, 1.54) is 250 Å². The van der Waals surface area contributed by atoms with Crippen LogP contribution in [0.4, 0.5) is 0 Å². The van der Waals surface area contributed by atoms with Crippen LogP contribution in [-0.2, 0) is 28.6 Å². The standard InChI is InChI=1S/C66H128O6/c1-7-62(6)54-48-42-36-30-24-18-14-15-20-26-32-38-44-50-56-65(68)71-59-63(72-66(69)57-51-45-39-33-27-21-13-9-11-17-23-29-35-41-47-53-61(4)5)58-70-64(67)55-49-43-37-31-25-19-12-8-10-16-22-28-34-40-46-52-60(2)3/h60-63H,7-59H2,1-6H3/t62?,63-/m1/s1. The molecular formula is C66H128O6. The Morgan fingerprint density at radius 2 is 0.486 bits per heavy atom. The minimum atomic E-state index is -0.765. The Kier molecular flexibility index (Phi) is 55.9. The predicted octanol–water partition coefficient (Wildman–Crippen LogP) is 21.8. The maximum Gasteiger partial charge on any atom is 0.306 e. The van der Waals surface area contributed by atoms with Crippen molar-refractivity contribution in [2.45, 2.75) is 375 Å². The van der Waals surface area contributed by atoms with Gasteiger partial charge in [-0.2, -0.15) is 0 Å². The van der Waals surface area contributed by atoms with Gasteiger partial charge in [0.05, 0.1) is 0 Å². The molecule has 0 radical (unpaired) electrons. The highest BCUT2D eigenvalue weighted by atomic mass is 16.6. The minimum absolute atomic E-state index is 0.0624. The Morgan fingerprint density at radius 3 is 0.722 bits per heavy atom. The van der Waals surface area contributed by atoms with Crippen LogP contribution in [-0.4, -0.2) is 37.2 Å². The van der Waals surface area contributed by atoms with E-state index in [0.29, 0.717) is 19.3 Å². The monoisotopic (exact) mass is 1020 g/mol. The molecule has 0 aliphatic rings. The van der Waals surface area contributed by atoms with Crippen LogP contribution in [0.5, 0.6) is 0 Å². The van der Waals surface area contributed by atoms with Crippen LogP contribution < -0.4 is 0 Å². The molecule has 0 amide bonds. The molecule has 0 N–H and O–H groups in total. The number of rotatable bonds is 59. The lowest BCUT2D eigenvalue weighted by Crippen LogP contribution is -2.30. The second-order valence-corrected chi connectivity index (χ2v) is 24.0. The Morgan fingerprint density at radius 1 is 0.278 bits per heavy atom. The Balaban J connectivity index is 4.30. The van der Waals surface area contributed by atoms with Crippen molar-refractivity contribution in [3.05, 3.63) is 0 Å². The van der Waals surface area contributed by atoms with Crippen LogP contribution >= 0.6 is 0 Å². The van der Waals surface area contributed by atoms with E-state index in [4.69, 9.17) is 14.2 Å². The molecule has 0 aromatic rings. The fraction of sp³-hybridized carbons (Fsp3) is 0.955. The van der Waals surface area contributed by atoms with Crippen LogP contribution in [0.3, 0.4) is 0 Å². The summed E-state index contributed by atoms with van der Waals surface area (Å²) in [5, 5.41) is 0. The van der Waals surface area contributed by atoms with E-state index in [2.05, 4.69) is 41.5 Å². The van der Waals surface area contributed by atoms with Gasteiger partial charge in [0.15, 0.2) is 6.10 Å². The van der Waals surface area contributed by atoms with Gasteiger partial charge in [0.1, 0.15) is 13.2 Å². The van der Waals surface area contributed by atoms with Crippen LogP contribution in [0.25, 0.3) is 0 Å². The number of hydrogen-bond acceptors (Lipinski definition) is 6. The summed E-state index contributed by atoms with van der Waals surface area (Å²) in [6.07, 6.45) is 62.4. The first-order chi connectivity index (χ1) is 35.1. The molecule has 6 nitrogen and oxygen atoms in total. The van der Waals surface area contributed by atoms with E-state index in [9.17, 15) is 14.4 Å². The number of ether oxygens (including phenoxy) is 3. The van der Waals surface area contributed by atoms with E-state index in [1.807, 2.05) is 0 Å². The highest BCUT2D eigenvalue weighted by Gasteiger charge is 2.19. The van der Waals surface area contributed by atoms with Crippen LogP contribution in [0.15, 0.2) is 0 Å². The van der Waals surface area contributed by atoms with Gasteiger partial charge in [-0.15, -0.1) is 0 Å². The van der Waals surface area contributed by atoms with Crippen molar-refractivity contribution >= 4 is 17.9 Å². The van der Waals surface area contributed by atoms with Crippen molar-refractivity contribution in [2.75, 3.05) is 13.2 Å². The predicted molar refractivity (Wildman–Crippen MR) is 312 cm³/mol. The average molecular weight is 1020 g/mol. The molecule has 1 unspecified atom stereocenters. The lowest BCUT2D eigenvalue weighted by atomic mass is 9.99. The summed E-state index contributed by atoms with van der Waals surface area (Å²) in [5.74, 6) is 1.76. The largest absolute Gasteiger partial charge is 0.462 e. The zero-order chi connectivity index (χ0) is 52.6. The van der Waals surface area contributed by atoms with Gasteiger partial charge in [-0.3, -0.25) is 14.4 Å². The van der Waals surface area contributed by atoms with Gasteiger partial charge in [0.2, 0.25) is 0 Å². The molecule has 0 heterocycles. The highest BCUT2D eigenvalue weighted by Crippen LogP contribution is 2.20. The molecule has 0 aromatic heterocycles. The number of esters is 3. The molecule has 6 heteroatoms. The lowest BCUT2D eigenvalue weighted by Gasteiger charge is -2.18. The summed E-state index contributed by atoms with van der Waals surface area (Å²) >= 11 is 0. The van der Waals surface area contributed by atoms with E-state index < -0.39 is 6.10 Å². The normalized spacial score (nSPS) is 12.5. The van der Waals surface area contributed by atoms with Crippen LogP contribution in [0.1, 0.15) is 369 Å². The second-order valence-electron chi connectivity index (χ2n) is 24.0. The van der Waals surface area contributed by atoms with Gasteiger partial charge in [-0.25, -0.2) is 0 Å². The first-order valence-corrected chi connectivity index (χ1v) is 32.6. The number of carbonyl (C=O) groups excluding carboxylic acids is 3. The third-order valence-corrected chi connectivity index (χ3v) is 15.5. The number of hydrogen-bond donors (Lipinski definition) is 0. The van der Waals surface area contributed by atoms with E-state index in [-0.39, 0.29) is 31.1 Å². The van der Waals surface area contributed by atoms with Crippen molar-refractivity contribution in [3.8, 4) is 0 Å². The highest BCUT2D eigenvalue weighted by molar-refractivity contribution is 5.71. The van der Waals surface area contributed by atoms with E-state index in [0.717, 1.165) is 75.5 Å². The third-order valence-electron chi connectivity index (χ3n) is 15.5. The molecule has 2 atom stereocenters. The van der Waals surface area contributed by atoms with Crippen LogP contribution in [0, 0.1) is 17.8 Å². The van der Waals surface area contributed by atoms with Crippen LogP contribution in [0.2, 0.25) is 0 Å². The van der Waals surface area contributed by atoms with Crippen molar-refractivity contribution in [1.82, 2.24) is 0 Å². The summed E-state index contributed by atoms with van der Waals surface area (Å²) in [5.41, 5.74) is 0. The summed E-state index contributed by atoms with van der Waals surface area (Å²) < 4.78 is 17.0. The number of carbonyl (C=O) groups is 3. The van der Waals surface area contributed by atoms with Gasteiger partial charge in [-0.05, 0) is 37.0 Å². The van der Waals surface area contributed by atoms with Crippen molar-refractivity contribution in [3.63, 3.8) is 0 Å². The Labute approximate surface area is 450 Å². The quantitative estimate of drug-likeness (QED) is 0.0343. The van der Waals surface area contributed by atoms with Crippen molar-refractivity contribution in [2.24, 2.45) is 17.8 Å². The molecule has 428 valence electrons. The fourth-order valence-electron chi connectivity index (χ4n) is 10.2. The zero-order valence-electron chi connectivity index (χ0n) is 49.7. The van der Waals surface area contributed by atoms with Gasteiger partial charge in [-0.1, -0.05) is 330 Å². The lowest BCUT2D eigenvalue weighted by molar-refractivity contribution is -0.167. The molecule has 0 aliphatic heterocycles. The van der Waals surface area contributed by atoms with Gasteiger partial charge < -0.3 is 14.2 Å². The molecule has 0 saturated heterocycles. The van der Waals surface area contributed by atoms with E-state index >= 15 is 0 Å². The molecule has 0 aromatic carbocycles. The smallest absolute Gasteiger partial charge is 0.306 e. The zero-order valence-corrected chi connectivity index (χ0v) is 49.7. The van der Waals surface area contributed by atoms with Gasteiger partial charge >= 0.3 is 17.9 Å².